The Labute approximate surface area is 124 Å². The number of carbonyl (C=O) groups is 1. The molecule has 0 spiro atoms. The SMILES string of the molecule is CC(Sc1nnc(N)n1C(C)C)C(=O)N1CCCCC1. The first-order valence-corrected chi connectivity index (χ1v) is 8.04. The summed E-state index contributed by atoms with van der Waals surface area (Å²) in [7, 11) is 0. The number of nitrogens with two attached hydrogens (primary N) is 1. The fraction of sp³-hybridized carbons (Fsp3) is 0.769. The average Bonchev–Trinajstić information content (AvgIpc) is 2.79. The number of aromatic nitrogens is 3. The summed E-state index contributed by atoms with van der Waals surface area (Å²) in [5.41, 5.74) is 5.82. The molecule has 112 valence electrons. The summed E-state index contributed by atoms with van der Waals surface area (Å²) in [6, 6.07) is 0.185. The van der Waals surface area contributed by atoms with Gasteiger partial charge in [-0.3, -0.25) is 9.36 Å². The molecular formula is C13H23N5OS. The Morgan fingerprint density at radius 2 is 1.85 bits per heavy atom. The van der Waals surface area contributed by atoms with Crippen molar-refractivity contribution in [3.8, 4) is 0 Å². The number of anilines is 1. The van der Waals surface area contributed by atoms with E-state index in [1.54, 1.807) is 0 Å². The summed E-state index contributed by atoms with van der Waals surface area (Å²) in [5.74, 6) is 0.590. The van der Waals surface area contributed by atoms with Gasteiger partial charge in [-0.25, -0.2) is 0 Å². The van der Waals surface area contributed by atoms with Crippen LogP contribution in [0.1, 0.15) is 46.1 Å². The van der Waals surface area contributed by atoms with Crippen molar-refractivity contribution in [2.24, 2.45) is 0 Å². The summed E-state index contributed by atoms with van der Waals surface area (Å²) in [5, 5.41) is 8.55. The Hall–Kier alpha value is -1.24. The minimum atomic E-state index is -0.158. The number of piperidine rings is 1. The van der Waals surface area contributed by atoms with Crippen molar-refractivity contribution in [3.63, 3.8) is 0 Å². The monoisotopic (exact) mass is 297 g/mol. The molecule has 1 aromatic rings. The fourth-order valence-corrected chi connectivity index (χ4v) is 3.51. The quantitative estimate of drug-likeness (QED) is 0.859. The van der Waals surface area contributed by atoms with E-state index in [1.165, 1.54) is 18.2 Å². The molecule has 20 heavy (non-hydrogen) atoms. The van der Waals surface area contributed by atoms with E-state index in [2.05, 4.69) is 10.2 Å². The van der Waals surface area contributed by atoms with Crippen molar-refractivity contribution < 1.29 is 4.79 Å². The molecule has 1 atom stereocenters. The lowest BCUT2D eigenvalue weighted by atomic mass is 10.1. The van der Waals surface area contributed by atoms with Crippen molar-refractivity contribution in [1.29, 1.82) is 0 Å². The number of nitrogen functional groups attached to an aromatic ring is 1. The van der Waals surface area contributed by atoms with Gasteiger partial charge >= 0.3 is 0 Å². The zero-order valence-corrected chi connectivity index (χ0v) is 13.2. The number of thioether (sulfide) groups is 1. The van der Waals surface area contributed by atoms with E-state index >= 15 is 0 Å². The van der Waals surface area contributed by atoms with E-state index in [4.69, 9.17) is 5.73 Å². The molecule has 1 fully saturated rings. The standard InChI is InChI=1S/C13H23N5OS/c1-9(2)18-12(14)15-16-13(18)20-10(3)11(19)17-7-5-4-6-8-17/h9-10H,4-8H2,1-3H3,(H2,14,15). The number of hydrogen-bond donors (Lipinski definition) is 1. The molecule has 1 unspecified atom stereocenters. The van der Waals surface area contributed by atoms with Gasteiger partial charge in [0.2, 0.25) is 11.9 Å². The van der Waals surface area contributed by atoms with Gasteiger partial charge in [0.25, 0.3) is 0 Å². The molecule has 7 heteroatoms. The van der Waals surface area contributed by atoms with Crippen LogP contribution in [0.15, 0.2) is 5.16 Å². The molecule has 2 heterocycles. The lowest BCUT2D eigenvalue weighted by molar-refractivity contribution is -0.131. The highest BCUT2D eigenvalue weighted by molar-refractivity contribution is 8.00. The Morgan fingerprint density at radius 3 is 2.45 bits per heavy atom. The smallest absolute Gasteiger partial charge is 0.235 e. The van der Waals surface area contributed by atoms with Crippen LogP contribution in [0.25, 0.3) is 0 Å². The maximum absolute atomic E-state index is 12.4. The number of carbonyl (C=O) groups excluding carboxylic acids is 1. The van der Waals surface area contributed by atoms with Gasteiger partial charge in [0.15, 0.2) is 5.16 Å². The van der Waals surface area contributed by atoms with Gasteiger partial charge < -0.3 is 10.6 Å². The second-order valence-electron chi connectivity index (χ2n) is 5.45. The van der Waals surface area contributed by atoms with Gasteiger partial charge in [-0.15, -0.1) is 10.2 Å². The summed E-state index contributed by atoms with van der Waals surface area (Å²) in [4.78, 5) is 14.4. The second-order valence-corrected chi connectivity index (χ2v) is 6.76. The summed E-state index contributed by atoms with van der Waals surface area (Å²) < 4.78 is 1.87. The zero-order valence-electron chi connectivity index (χ0n) is 12.4. The predicted octanol–water partition coefficient (Wildman–Crippen LogP) is 1.93. The Balaban J connectivity index is 2.03. The maximum Gasteiger partial charge on any atom is 0.235 e. The van der Waals surface area contributed by atoms with Crippen LogP contribution in [0, 0.1) is 0 Å². The molecule has 1 aliphatic heterocycles. The first-order valence-electron chi connectivity index (χ1n) is 7.16. The van der Waals surface area contributed by atoms with E-state index in [0.29, 0.717) is 5.95 Å². The van der Waals surface area contributed by atoms with E-state index in [9.17, 15) is 4.79 Å². The Bertz CT molecular complexity index is 467. The second kappa shape index (κ2) is 6.47. The average molecular weight is 297 g/mol. The zero-order chi connectivity index (χ0) is 14.7. The van der Waals surface area contributed by atoms with Gasteiger partial charge in [-0.2, -0.15) is 0 Å². The number of amides is 1. The van der Waals surface area contributed by atoms with Crippen LogP contribution < -0.4 is 5.73 Å². The third-order valence-corrected chi connectivity index (χ3v) is 4.55. The van der Waals surface area contributed by atoms with Crippen LogP contribution in [0.4, 0.5) is 5.95 Å². The minimum absolute atomic E-state index is 0.158. The fourth-order valence-electron chi connectivity index (χ4n) is 2.43. The van der Waals surface area contributed by atoms with Crippen LogP contribution in [0.3, 0.4) is 0 Å². The topological polar surface area (TPSA) is 77.0 Å². The van der Waals surface area contributed by atoms with Crippen LogP contribution in [-0.2, 0) is 4.79 Å². The molecule has 2 rings (SSSR count). The largest absolute Gasteiger partial charge is 0.368 e. The molecule has 1 saturated heterocycles. The summed E-state index contributed by atoms with van der Waals surface area (Å²) in [6.45, 7) is 7.74. The number of nitrogens with zero attached hydrogens (tertiary/aromatic N) is 4. The molecule has 1 aliphatic rings. The molecule has 0 aromatic carbocycles. The lowest BCUT2D eigenvalue weighted by Gasteiger charge is -2.29. The molecule has 1 amide bonds. The number of rotatable bonds is 4. The number of likely N-dealkylation sites (tertiary alicyclic amines) is 1. The predicted molar refractivity (Wildman–Crippen MR) is 80.6 cm³/mol. The van der Waals surface area contributed by atoms with Gasteiger partial charge in [0.05, 0.1) is 5.25 Å². The number of hydrogen-bond acceptors (Lipinski definition) is 5. The first kappa shape index (κ1) is 15.2. The van der Waals surface area contributed by atoms with Gasteiger partial charge in [0.1, 0.15) is 0 Å². The molecule has 0 bridgehead atoms. The summed E-state index contributed by atoms with van der Waals surface area (Å²) >= 11 is 1.44. The van der Waals surface area contributed by atoms with Crippen LogP contribution in [-0.4, -0.2) is 43.9 Å². The highest BCUT2D eigenvalue weighted by Crippen LogP contribution is 2.27. The molecular weight excluding hydrogens is 274 g/mol. The van der Waals surface area contributed by atoms with E-state index in [1.807, 2.05) is 30.2 Å². The maximum atomic E-state index is 12.4. The molecule has 1 aromatic heterocycles. The summed E-state index contributed by atoms with van der Waals surface area (Å²) in [6.07, 6.45) is 3.44. The van der Waals surface area contributed by atoms with Crippen molar-refractivity contribution in [2.45, 2.75) is 56.5 Å². The Morgan fingerprint density at radius 1 is 1.20 bits per heavy atom. The molecule has 0 saturated carbocycles. The molecule has 6 nitrogen and oxygen atoms in total. The van der Waals surface area contributed by atoms with Crippen molar-refractivity contribution >= 4 is 23.6 Å². The van der Waals surface area contributed by atoms with Gasteiger partial charge in [0, 0.05) is 19.1 Å². The highest BCUT2D eigenvalue weighted by Gasteiger charge is 2.25. The van der Waals surface area contributed by atoms with Crippen LogP contribution in [0.2, 0.25) is 0 Å². The highest BCUT2D eigenvalue weighted by atomic mass is 32.2. The minimum Gasteiger partial charge on any atom is -0.368 e. The van der Waals surface area contributed by atoms with Crippen LogP contribution >= 0.6 is 11.8 Å². The van der Waals surface area contributed by atoms with Crippen molar-refractivity contribution in [3.05, 3.63) is 0 Å². The third kappa shape index (κ3) is 3.26. The van der Waals surface area contributed by atoms with Gasteiger partial charge in [-0.1, -0.05) is 11.8 Å². The third-order valence-electron chi connectivity index (χ3n) is 3.50. The molecule has 0 aliphatic carbocycles. The first-order chi connectivity index (χ1) is 9.50. The lowest BCUT2D eigenvalue weighted by Crippen LogP contribution is -2.40. The Kier molecular flexibility index (Phi) is 4.91. The van der Waals surface area contributed by atoms with Crippen molar-refractivity contribution in [2.75, 3.05) is 18.8 Å². The van der Waals surface area contributed by atoms with Crippen molar-refractivity contribution in [1.82, 2.24) is 19.7 Å². The molecule has 0 radical (unpaired) electrons. The van der Waals surface area contributed by atoms with Crippen LogP contribution in [0.5, 0.6) is 0 Å². The normalized spacial score (nSPS) is 17.5. The van der Waals surface area contributed by atoms with E-state index in [-0.39, 0.29) is 17.2 Å². The van der Waals surface area contributed by atoms with Gasteiger partial charge in [-0.05, 0) is 40.0 Å². The molecule has 2 N–H and O–H groups in total. The van der Waals surface area contributed by atoms with E-state index < -0.39 is 0 Å². The van der Waals surface area contributed by atoms with E-state index in [0.717, 1.165) is 31.1 Å².